The molecule has 0 unspecified atom stereocenters. The lowest BCUT2D eigenvalue weighted by molar-refractivity contribution is -0.123. The maximum absolute atomic E-state index is 12.7. The summed E-state index contributed by atoms with van der Waals surface area (Å²) in [6, 6.07) is 6.47. The number of likely N-dealkylation sites (tertiary alicyclic amines) is 1. The van der Waals surface area contributed by atoms with Crippen LogP contribution in [0.25, 0.3) is 0 Å². The predicted molar refractivity (Wildman–Crippen MR) is 87.1 cm³/mol. The molecule has 6 heteroatoms. The zero-order valence-corrected chi connectivity index (χ0v) is 13.2. The lowest BCUT2D eigenvalue weighted by Crippen LogP contribution is -2.44. The zero-order valence-electron chi connectivity index (χ0n) is 13.2. The Hall–Kier alpha value is -2.21. The Morgan fingerprint density at radius 3 is 2.35 bits per heavy atom. The first kappa shape index (κ1) is 15.7. The van der Waals surface area contributed by atoms with E-state index in [-0.39, 0.29) is 30.2 Å². The molecular weight excluding hydrogens is 294 g/mol. The van der Waals surface area contributed by atoms with Gasteiger partial charge in [-0.3, -0.25) is 19.3 Å². The van der Waals surface area contributed by atoms with Gasteiger partial charge in [0, 0.05) is 12.6 Å². The number of amides is 3. The number of carbonyl (C=O) groups is 3. The number of nitrogens with zero attached hydrogens (tertiary/aromatic N) is 2. The number of imide groups is 1. The Kier molecular flexibility index (Phi) is 4.43. The van der Waals surface area contributed by atoms with E-state index in [9.17, 15) is 14.4 Å². The third-order valence-corrected chi connectivity index (χ3v) is 4.40. The van der Waals surface area contributed by atoms with E-state index in [4.69, 9.17) is 0 Å². The van der Waals surface area contributed by atoms with E-state index < -0.39 is 0 Å². The fourth-order valence-electron chi connectivity index (χ4n) is 3.30. The van der Waals surface area contributed by atoms with Crippen molar-refractivity contribution in [3.05, 3.63) is 24.3 Å². The molecule has 0 radical (unpaired) electrons. The average Bonchev–Trinajstić information content (AvgIpc) is 2.83. The molecule has 3 rings (SSSR count). The quantitative estimate of drug-likeness (QED) is 0.863. The van der Waals surface area contributed by atoms with E-state index in [0.29, 0.717) is 11.4 Å². The summed E-state index contributed by atoms with van der Waals surface area (Å²) in [4.78, 5) is 39.4. The summed E-state index contributed by atoms with van der Waals surface area (Å²) in [5, 5.41) is 2.67. The molecule has 2 saturated heterocycles. The van der Waals surface area contributed by atoms with E-state index in [1.807, 2.05) is 0 Å². The largest absolute Gasteiger partial charge is 0.326 e. The van der Waals surface area contributed by atoms with Crippen molar-refractivity contribution < 1.29 is 14.4 Å². The van der Waals surface area contributed by atoms with E-state index in [1.165, 1.54) is 18.2 Å². The second kappa shape index (κ2) is 6.50. The van der Waals surface area contributed by atoms with Gasteiger partial charge >= 0.3 is 0 Å². The number of rotatable bonds is 3. The average molecular weight is 315 g/mol. The van der Waals surface area contributed by atoms with Crippen LogP contribution in [0.4, 0.5) is 11.4 Å². The third-order valence-electron chi connectivity index (χ3n) is 4.40. The minimum Gasteiger partial charge on any atom is -0.326 e. The first-order valence-corrected chi connectivity index (χ1v) is 8.05. The molecule has 2 aliphatic heterocycles. The maximum atomic E-state index is 12.7. The number of nitrogens with one attached hydrogen (secondary N) is 1. The summed E-state index contributed by atoms with van der Waals surface area (Å²) >= 11 is 0. The molecule has 1 aromatic rings. The standard InChI is InChI=1S/C17H21N3O3/c1-12(21)18-13-5-7-14(8-6-13)20-16(22)11-15(17(20)23)19-9-3-2-4-10-19/h5-8,15H,2-4,9-11H2,1H3,(H,18,21)/t15-/m1/s1. The van der Waals surface area contributed by atoms with Gasteiger partial charge in [-0.1, -0.05) is 6.42 Å². The fourth-order valence-corrected chi connectivity index (χ4v) is 3.30. The van der Waals surface area contributed by atoms with Gasteiger partial charge in [0.05, 0.1) is 18.2 Å². The smallest absolute Gasteiger partial charge is 0.251 e. The second-order valence-corrected chi connectivity index (χ2v) is 6.11. The van der Waals surface area contributed by atoms with Crippen LogP contribution in [0.1, 0.15) is 32.6 Å². The van der Waals surface area contributed by atoms with Crippen LogP contribution in [0.2, 0.25) is 0 Å². The molecule has 23 heavy (non-hydrogen) atoms. The van der Waals surface area contributed by atoms with E-state index >= 15 is 0 Å². The molecule has 6 nitrogen and oxygen atoms in total. The Morgan fingerprint density at radius 1 is 1.09 bits per heavy atom. The van der Waals surface area contributed by atoms with Crippen LogP contribution in [0.3, 0.4) is 0 Å². The number of hydrogen-bond donors (Lipinski definition) is 1. The maximum Gasteiger partial charge on any atom is 0.251 e. The van der Waals surface area contributed by atoms with Crippen molar-refractivity contribution in [3.63, 3.8) is 0 Å². The molecule has 0 bridgehead atoms. The summed E-state index contributed by atoms with van der Waals surface area (Å²) in [6.45, 7) is 3.21. The van der Waals surface area contributed by atoms with Gasteiger partial charge in [0.25, 0.3) is 5.91 Å². The molecule has 1 aromatic carbocycles. The molecule has 2 fully saturated rings. The minimum atomic E-state index is -0.321. The van der Waals surface area contributed by atoms with Crippen LogP contribution < -0.4 is 10.2 Å². The van der Waals surface area contributed by atoms with Gasteiger partial charge in [-0.05, 0) is 50.2 Å². The molecule has 0 aliphatic carbocycles. The van der Waals surface area contributed by atoms with Crippen LogP contribution in [-0.4, -0.2) is 41.8 Å². The Morgan fingerprint density at radius 2 is 1.74 bits per heavy atom. The highest BCUT2D eigenvalue weighted by atomic mass is 16.2. The van der Waals surface area contributed by atoms with E-state index in [2.05, 4.69) is 10.2 Å². The summed E-state index contributed by atoms with van der Waals surface area (Å²) in [5.74, 6) is -0.446. The SMILES string of the molecule is CC(=O)Nc1ccc(N2C(=O)C[C@@H](N3CCCCC3)C2=O)cc1. The van der Waals surface area contributed by atoms with Gasteiger partial charge in [0.1, 0.15) is 0 Å². The highest BCUT2D eigenvalue weighted by Crippen LogP contribution is 2.28. The van der Waals surface area contributed by atoms with Crippen LogP contribution in [0.5, 0.6) is 0 Å². The second-order valence-electron chi connectivity index (χ2n) is 6.11. The molecule has 2 heterocycles. The number of hydrogen-bond acceptors (Lipinski definition) is 4. The molecule has 0 aromatic heterocycles. The van der Waals surface area contributed by atoms with Crippen molar-refractivity contribution in [2.24, 2.45) is 0 Å². The van der Waals surface area contributed by atoms with Crippen molar-refractivity contribution in [1.82, 2.24) is 4.90 Å². The molecule has 0 spiro atoms. The first-order valence-electron chi connectivity index (χ1n) is 8.05. The topological polar surface area (TPSA) is 69.7 Å². The van der Waals surface area contributed by atoms with Crippen LogP contribution in [0, 0.1) is 0 Å². The first-order chi connectivity index (χ1) is 11.1. The molecule has 2 aliphatic rings. The van der Waals surface area contributed by atoms with Gasteiger partial charge < -0.3 is 5.32 Å². The van der Waals surface area contributed by atoms with Crippen molar-refractivity contribution in [1.29, 1.82) is 0 Å². The third kappa shape index (κ3) is 3.27. The number of carbonyl (C=O) groups excluding carboxylic acids is 3. The lowest BCUT2D eigenvalue weighted by atomic mass is 10.1. The Bertz CT molecular complexity index is 620. The molecule has 122 valence electrons. The fraction of sp³-hybridized carbons (Fsp3) is 0.471. The van der Waals surface area contributed by atoms with Crippen LogP contribution in [-0.2, 0) is 14.4 Å². The van der Waals surface area contributed by atoms with Gasteiger partial charge in [-0.25, -0.2) is 4.90 Å². The lowest BCUT2D eigenvalue weighted by Gasteiger charge is -2.30. The molecule has 3 amide bonds. The Labute approximate surface area is 135 Å². The highest BCUT2D eigenvalue weighted by Gasteiger charge is 2.42. The van der Waals surface area contributed by atoms with Gasteiger partial charge in [-0.15, -0.1) is 0 Å². The monoisotopic (exact) mass is 315 g/mol. The molecule has 1 atom stereocenters. The molecule has 1 N–H and O–H groups in total. The summed E-state index contributed by atoms with van der Waals surface area (Å²) in [5.41, 5.74) is 1.21. The number of piperidine rings is 1. The Balaban J connectivity index is 1.75. The van der Waals surface area contributed by atoms with Crippen LogP contribution in [0.15, 0.2) is 24.3 Å². The van der Waals surface area contributed by atoms with Crippen LogP contribution >= 0.6 is 0 Å². The number of anilines is 2. The van der Waals surface area contributed by atoms with Crippen molar-refractivity contribution in [2.75, 3.05) is 23.3 Å². The molecular formula is C17H21N3O3. The van der Waals surface area contributed by atoms with Gasteiger partial charge in [0.15, 0.2) is 0 Å². The van der Waals surface area contributed by atoms with Gasteiger partial charge in [-0.2, -0.15) is 0 Å². The van der Waals surface area contributed by atoms with Crippen molar-refractivity contribution in [3.8, 4) is 0 Å². The minimum absolute atomic E-state index is 0.135. The summed E-state index contributed by atoms with van der Waals surface area (Å²) < 4.78 is 0. The van der Waals surface area contributed by atoms with E-state index in [1.54, 1.807) is 24.3 Å². The van der Waals surface area contributed by atoms with Crippen molar-refractivity contribution >= 4 is 29.1 Å². The van der Waals surface area contributed by atoms with Gasteiger partial charge in [0.2, 0.25) is 11.8 Å². The normalized spacial score (nSPS) is 22.5. The number of benzene rings is 1. The highest BCUT2D eigenvalue weighted by molar-refractivity contribution is 6.22. The predicted octanol–water partition coefficient (Wildman–Crippen LogP) is 1.76. The summed E-state index contributed by atoms with van der Waals surface area (Å²) in [6.07, 6.45) is 3.62. The summed E-state index contributed by atoms with van der Waals surface area (Å²) in [7, 11) is 0. The molecule has 0 saturated carbocycles. The zero-order chi connectivity index (χ0) is 16.4. The van der Waals surface area contributed by atoms with E-state index in [0.717, 1.165) is 25.9 Å². The van der Waals surface area contributed by atoms with Crippen molar-refractivity contribution in [2.45, 2.75) is 38.6 Å².